The number of aromatic amines is 1. The van der Waals surface area contributed by atoms with Crippen LogP contribution in [0.3, 0.4) is 0 Å². The van der Waals surface area contributed by atoms with Gasteiger partial charge in [0.25, 0.3) is 0 Å². The molecule has 0 aliphatic heterocycles. The topological polar surface area (TPSA) is 32.9 Å². The monoisotopic (exact) mass is 341 g/mol. The first-order chi connectivity index (χ1) is 12.2. The van der Waals surface area contributed by atoms with Crippen molar-refractivity contribution in [2.45, 2.75) is 90.9 Å². The molecule has 0 aliphatic rings. The van der Waals surface area contributed by atoms with E-state index in [1.54, 1.807) is 0 Å². The van der Waals surface area contributed by atoms with Crippen molar-refractivity contribution in [2.24, 2.45) is 0 Å². The van der Waals surface area contributed by atoms with E-state index in [1.165, 1.54) is 64.2 Å². The molecule has 0 bridgehead atoms. The van der Waals surface area contributed by atoms with E-state index in [1.807, 2.05) is 31.2 Å². The maximum Gasteiger partial charge on any atom is 0.192 e. The Morgan fingerprint density at radius 2 is 1.36 bits per heavy atom. The lowest BCUT2D eigenvalue weighted by Crippen LogP contribution is -2.13. The standard InChI is InChI=1S/C23H35NO/c1-3-4-5-6-7-8-9-10-11-12-13-16-20-19(2)24-22-18-15-14-17-21(22)23(20)25/h14-15,17-18H,3-13,16H2,1-2H3,(H,24,25). The van der Waals surface area contributed by atoms with Gasteiger partial charge in [-0.3, -0.25) is 4.79 Å². The third-order valence-electron chi connectivity index (χ3n) is 5.25. The molecule has 2 heteroatoms. The molecule has 25 heavy (non-hydrogen) atoms. The summed E-state index contributed by atoms with van der Waals surface area (Å²) in [6, 6.07) is 7.83. The van der Waals surface area contributed by atoms with Crippen LogP contribution in [0, 0.1) is 6.92 Å². The van der Waals surface area contributed by atoms with Crippen molar-refractivity contribution in [1.82, 2.24) is 4.98 Å². The van der Waals surface area contributed by atoms with Gasteiger partial charge in [-0.25, -0.2) is 0 Å². The molecule has 1 N–H and O–H groups in total. The first kappa shape index (κ1) is 19.8. The summed E-state index contributed by atoms with van der Waals surface area (Å²) in [4.78, 5) is 16.0. The van der Waals surface area contributed by atoms with Crippen molar-refractivity contribution in [3.05, 3.63) is 45.7 Å². The molecule has 0 aliphatic carbocycles. The summed E-state index contributed by atoms with van der Waals surface area (Å²) in [5, 5.41) is 0.825. The summed E-state index contributed by atoms with van der Waals surface area (Å²) in [7, 11) is 0. The Morgan fingerprint density at radius 1 is 0.800 bits per heavy atom. The molecule has 2 nitrogen and oxygen atoms in total. The van der Waals surface area contributed by atoms with Crippen molar-refractivity contribution in [2.75, 3.05) is 0 Å². The number of pyridine rings is 1. The molecule has 0 radical (unpaired) electrons. The normalized spacial score (nSPS) is 11.3. The summed E-state index contributed by atoms with van der Waals surface area (Å²) in [5.74, 6) is 0. The number of fused-ring (bicyclic) bond motifs is 1. The van der Waals surface area contributed by atoms with Gasteiger partial charge in [0.2, 0.25) is 0 Å². The predicted octanol–water partition coefficient (Wildman–Crippen LogP) is 6.69. The van der Waals surface area contributed by atoms with Crippen molar-refractivity contribution in [1.29, 1.82) is 0 Å². The molecule has 0 spiro atoms. The minimum atomic E-state index is 0.221. The molecule has 1 aromatic carbocycles. The van der Waals surface area contributed by atoms with E-state index in [0.29, 0.717) is 0 Å². The zero-order chi connectivity index (χ0) is 17.9. The van der Waals surface area contributed by atoms with Gasteiger partial charge in [-0.05, 0) is 31.9 Å². The lowest BCUT2D eigenvalue weighted by Gasteiger charge is -2.08. The van der Waals surface area contributed by atoms with Gasteiger partial charge in [-0.15, -0.1) is 0 Å². The zero-order valence-corrected chi connectivity index (χ0v) is 16.2. The van der Waals surface area contributed by atoms with Crippen LogP contribution in [0.15, 0.2) is 29.1 Å². The van der Waals surface area contributed by atoms with Crippen molar-refractivity contribution >= 4 is 10.9 Å². The summed E-state index contributed by atoms with van der Waals surface area (Å²) in [6.07, 6.45) is 15.7. The molecule has 0 fully saturated rings. The minimum absolute atomic E-state index is 0.221. The molecule has 2 rings (SSSR count). The number of benzene rings is 1. The van der Waals surface area contributed by atoms with E-state index in [9.17, 15) is 4.79 Å². The zero-order valence-electron chi connectivity index (χ0n) is 16.2. The molecular weight excluding hydrogens is 306 g/mol. The summed E-state index contributed by atoms with van der Waals surface area (Å²) in [5.41, 5.74) is 3.19. The van der Waals surface area contributed by atoms with Crippen LogP contribution in [-0.2, 0) is 6.42 Å². The number of para-hydroxylation sites is 1. The SMILES string of the molecule is CCCCCCCCCCCCCc1c(C)[nH]c2ccccc2c1=O. The average molecular weight is 342 g/mol. The van der Waals surface area contributed by atoms with Gasteiger partial charge >= 0.3 is 0 Å². The Labute approximate surface area is 153 Å². The highest BCUT2D eigenvalue weighted by Gasteiger charge is 2.08. The van der Waals surface area contributed by atoms with Crippen LogP contribution in [0.25, 0.3) is 10.9 Å². The van der Waals surface area contributed by atoms with Gasteiger partial charge in [-0.2, -0.15) is 0 Å². The van der Waals surface area contributed by atoms with Gasteiger partial charge in [0.05, 0.1) is 0 Å². The Balaban J connectivity index is 1.66. The van der Waals surface area contributed by atoms with Gasteiger partial charge in [0.15, 0.2) is 5.43 Å². The fourth-order valence-corrected chi connectivity index (χ4v) is 3.67. The second kappa shape index (κ2) is 11.1. The Kier molecular flexibility index (Phi) is 8.79. The largest absolute Gasteiger partial charge is 0.358 e. The highest BCUT2D eigenvalue weighted by Crippen LogP contribution is 2.15. The third-order valence-corrected chi connectivity index (χ3v) is 5.25. The molecule has 0 saturated heterocycles. The van der Waals surface area contributed by atoms with Crippen molar-refractivity contribution < 1.29 is 0 Å². The molecule has 1 heterocycles. The van der Waals surface area contributed by atoms with Crippen LogP contribution >= 0.6 is 0 Å². The average Bonchev–Trinajstić information content (AvgIpc) is 2.62. The van der Waals surface area contributed by atoms with Crippen LogP contribution in [0.1, 0.15) is 88.8 Å². The van der Waals surface area contributed by atoms with Gasteiger partial charge < -0.3 is 4.98 Å². The number of hydrogen-bond donors (Lipinski definition) is 1. The highest BCUT2D eigenvalue weighted by molar-refractivity contribution is 5.79. The summed E-state index contributed by atoms with van der Waals surface area (Å²) >= 11 is 0. The second-order valence-electron chi connectivity index (χ2n) is 7.39. The Morgan fingerprint density at radius 3 is 2.00 bits per heavy atom. The first-order valence-electron chi connectivity index (χ1n) is 10.3. The van der Waals surface area contributed by atoms with Crippen molar-refractivity contribution in [3.8, 4) is 0 Å². The number of nitrogens with one attached hydrogen (secondary N) is 1. The van der Waals surface area contributed by atoms with E-state index < -0.39 is 0 Å². The van der Waals surface area contributed by atoms with Crippen LogP contribution in [0.5, 0.6) is 0 Å². The Bertz CT molecular complexity index is 686. The number of hydrogen-bond acceptors (Lipinski definition) is 1. The van der Waals surface area contributed by atoms with E-state index in [0.717, 1.165) is 35.0 Å². The molecule has 1 aromatic heterocycles. The Hall–Kier alpha value is -1.57. The summed E-state index contributed by atoms with van der Waals surface area (Å²) < 4.78 is 0. The molecule has 0 unspecified atom stereocenters. The molecule has 138 valence electrons. The number of rotatable bonds is 12. The predicted molar refractivity (Wildman–Crippen MR) is 109 cm³/mol. The first-order valence-corrected chi connectivity index (χ1v) is 10.3. The molecular formula is C23H35NO. The van der Waals surface area contributed by atoms with Crippen LogP contribution in [0.2, 0.25) is 0 Å². The fourth-order valence-electron chi connectivity index (χ4n) is 3.67. The van der Waals surface area contributed by atoms with E-state index in [-0.39, 0.29) is 5.43 Å². The maximum absolute atomic E-state index is 12.6. The number of aryl methyl sites for hydroxylation is 1. The van der Waals surface area contributed by atoms with Crippen LogP contribution in [0.4, 0.5) is 0 Å². The number of unbranched alkanes of at least 4 members (excludes halogenated alkanes) is 10. The minimum Gasteiger partial charge on any atom is -0.358 e. The molecule has 0 atom stereocenters. The molecule has 2 aromatic rings. The number of aromatic nitrogens is 1. The smallest absolute Gasteiger partial charge is 0.192 e. The van der Waals surface area contributed by atoms with Gasteiger partial charge in [0.1, 0.15) is 0 Å². The lowest BCUT2D eigenvalue weighted by atomic mass is 10.0. The van der Waals surface area contributed by atoms with Crippen molar-refractivity contribution in [3.63, 3.8) is 0 Å². The highest BCUT2D eigenvalue weighted by atomic mass is 16.1. The van der Waals surface area contributed by atoms with Gasteiger partial charge in [0, 0.05) is 22.2 Å². The fraction of sp³-hybridized carbons (Fsp3) is 0.609. The second-order valence-corrected chi connectivity index (χ2v) is 7.39. The molecule has 0 saturated carbocycles. The quantitative estimate of drug-likeness (QED) is 0.429. The third kappa shape index (κ3) is 6.34. The maximum atomic E-state index is 12.6. The van der Waals surface area contributed by atoms with E-state index in [2.05, 4.69) is 11.9 Å². The van der Waals surface area contributed by atoms with Crippen LogP contribution < -0.4 is 5.43 Å². The summed E-state index contributed by atoms with van der Waals surface area (Å²) in [6.45, 7) is 4.30. The lowest BCUT2D eigenvalue weighted by molar-refractivity contribution is 0.549. The van der Waals surface area contributed by atoms with E-state index in [4.69, 9.17) is 0 Å². The molecule has 0 amide bonds. The van der Waals surface area contributed by atoms with Crippen LogP contribution in [-0.4, -0.2) is 4.98 Å². The van der Waals surface area contributed by atoms with E-state index >= 15 is 0 Å². The number of H-pyrrole nitrogens is 1. The van der Waals surface area contributed by atoms with Gasteiger partial charge in [-0.1, -0.05) is 83.3 Å².